The van der Waals surface area contributed by atoms with E-state index < -0.39 is 6.10 Å². The number of aliphatic hydroxyl groups excluding tert-OH is 1. The summed E-state index contributed by atoms with van der Waals surface area (Å²) in [6, 6.07) is 7.50. The first-order valence-corrected chi connectivity index (χ1v) is 9.56. The Morgan fingerprint density at radius 1 is 1.39 bits per heavy atom. The summed E-state index contributed by atoms with van der Waals surface area (Å²) < 4.78 is 11.8. The van der Waals surface area contributed by atoms with E-state index in [1.807, 2.05) is 23.1 Å². The van der Waals surface area contributed by atoms with Crippen LogP contribution < -0.4 is 9.47 Å². The monoisotopic (exact) mass is 378 g/mol. The number of nitrogens with zero attached hydrogens (tertiary/aromatic N) is 2. The Hall–Kier alpha value is -2.86. The van der Waals surface area contributed by atoms with Gasteiger partial charge in [0.1, 0.15) is 6.10 Å². The lowest BCUT2D eigenvalue weighted by atomic mass is 9.69. The zero-order valence-corrected chi connectivity index (χ0v) is 15.7. The van der Waals surface area contributed by atoms with Gasteiger partial charge in [-0.15, -0.1) is 0 Å². The summed E-state index contributed by atoms with van der Waals surface area (Å²) in [4.78, 5) is 19.0. The summed E-state index contributed by atoms with van der Waals surface area (Å²) >= 11 is 0. The number of pyridine rings is 1. The smallest absolute Gasteiger partial charge is 0.255 e. The number of carbonyl (C=O) groups is 1. The van der Waals surface area contributed by atoms with Crippen molar-refractivity contribution >= 4 is 5.91 Å². The Bertz CT molecular complexity index is 959. The van der Waals surface area contributed by atoms with Gasteiger partial charge in [-0.25, -0.2) is 0 Å². The molecule has 5 rings (SSSR count). The van der Waals surface area contributed by atoms with E-state index in [-0.39, 0.29) is 17.4 Å². The van der Waals surface area contributed by atoms with Crippen LogP contribution in [-0.4, -0.2) is 46.8 Å². The van der Waals surface area contributed by atoms with Crippen LogP contribution in [0.15, 0.2) is 48.8 Å². The molecule has 1 aromatic heterocycles. The van der Waals surface area contributed by atoms with Gasteiger partial charge in [-0.2, -0.15) is 0 Å². The fraction of sp³-hybridized carbons (Fsp3) is 0.364. The first kappa shape index (κ1) is 17.3. The van der Waals surface area contributed by atoms with E-state index in [2.05, 4.69) is 11.1 Å². The number of hydrogen-bond acceptors (Lipinski definition) is 5. The molecule has 1 aliphatic carbocycles. The number of methoxy groups -OCH3 is 1. The number of ether oxygens (including phenoxy) is 2. The van der Waals surface area contributed by atoms with Gasteiger partial charge in [0.05, 0.1) is 24.2 Å². The first-order chi connectivity index (χ1) is 13.6. The van der Waals surface area contributed by atoms with Gasteiger partial charge < -0.3 is 19.5 Å². The van der Waals surface area contributed by atoms with Crippen LogP contribution in [0.5, 0.6) is 11.5 Å². The number of aliphatic hydroxyl groups is 1. The van der Waals surface area contributed by atoms with Crippen LogP contribution in [0.25, 0.3) is 0 Å². The highest BCUT2D eigenvalue weighted by Crippen LogP contribution is 2.55. The molecule has 3 aliphatic rings. The lowest BCUT2D eigenvalue weighted by Gasteiger charge is -2.35. The van der Waals surface area contributed by atoms with Crippen LogP contribution in [0.4, 0.5) is 0 Å². The predicted octanol–water partition coefficient (Wildman–Crippen LogP) is 2.46. The summed E-state index contributed by atoms with van der Waals surface area (Å²) in [5.74, 6) is 1.42. The van der Waals surface area contributed by atoms with E-state index in [1.54, 1.807) is 31.6 Å². The molecule has 3 atom stereocenters. The highest BCUT2D eigenvalue weighted by atomic mass is 16.5. The largest absolute Gasteiger partial charge is 0.493 e. The summed E-state index contributed by atoms with van der Waals surface area (Å²) in [6.45, 7) is 1.11. The first-order valence-electron chi connectivity index (χ1n) is 9.56. The molecule has 0 fully saturated rings. The molecule has 1 aromatic carbocycles. The van der Waals surface area contributed by atoms with Gasteiger partial charge in [0.15, 0.2) is 11.5 Å². The van der Waals surface area contributed by atoms with Crippen molar-refractivity contribution < 1.29 is 19.4 Å². The van der Waals surface area contributed by atoms with Crippen LogP contribution in [-0.2, 0) is 12.0 Å². The second-order valence-electron chi connectivity index (χ2n) is 7.66. The molecule has 6 nitrogen and oxygen atoms in total. The molecule has 1 amide bonds. The number of benzene rings is 1. The molecule has 28 heavy (non-hydrogen) atoms. The molecule has 1 spiro atoms. The van der Waals surface area contributed by atoms with Crippen molar-refractivity contribution in [3.05, 3.63) is 65.5 Å². The molecule has 144 valence electrons. The van der Waals surface area contributed by atoms with Crippen LogP contribution >= 0.6 is 0 Å². The molecule has 0 unspecified atom stereocenters. The topological polar surface area (TPSA) is 71.9 Å². The van der Waals surface area contributed by atoms with E-state index >= 15 is 0 Å². The van der Waals surface area contributed by atoms with Gasteiger partial charge in [0, 0.05) is 37.5 Å². The third kappa shape index (κ3) is 2.44. The van der Waals surface area contributed by atoms with Crippen molar-refractivity contribution in [2.45, 2.75) is 37.0 Å². The molecule has 3 heterocycles. The maximum absolute atomic E-state index is 13.1. The third-order valence-electron chi connectivity index (χ3n) is 6.15. The van der Waals surface area contributed by atoms with Gasteiger partial charge in [0.25, 0.3) is 5.91 Å². The normalized spacial score (nSPS) is 27.4. The van der Waals surface area contributed by atoms with E-state index in [9.17, 15) is 9.90 Å². The number of carbonyl (C=O) groups excluding carboxylic acids is 1. The number of rotatable bonds is 2. The Kier molecular flexibility index (Phi) is 3.91. The quantitative estimate of drug-likeness (QED) is 0.813. The van der Waals surface area contributed by atoms with Gasteiger partial charge in [-0.05, 0) is 30.2 Å². The second kappa shape index (κ2) is 6.34. The number of amides is 1. The van der Waals surface area contributed by atoms with Crippen LogP contribution in [0.2, 0.25) is 0 Å². The Balaban J connectivity index is 1.60. The lowest BCUT2D eigenvalue weighted by Crippen LogP contribution is -2.43. The fourth-order valence-electron chi connectivity index (χ4n) is 4.78. The van der Waals surface area contributed by atoms with E-state index in [1.165, 1.54) is 0 Å². The van der Waals surface area contributed by atoms with Crippen LogP contribution in [0.1, 0.15) is 34.3 Å². The van der Waals surface area contributed by atoms with E-state index in [0.29, 0.717) is 30.8 Å². The maximum atomic E-state index is 13.1. The van der Waals surface area contributed by atoms with Crippen LogP contribution in [0.3, 0.4) is 0 Å². The number of aromatic nitrogens is 1. The highest BCUT2D eigenvalue weighted by molar-refractivity contribution is 5.94. The summed E-state index contributed by atoms with van der Waals surface area (Å²) in [7, 11) is 1.63. The molecule has 0 saturated heterocycles. The molecule has 2 aromatic rings. The standard InChI is InChI=1S/C22H22N2O4/c1-27-17-5-4-15-13-24(21(26)14-3-2-9-23-12-14)10-8-22-7-6-16(25)11-18(22)28-20(17)19(15)22/h2-7,9,12,16,18,25H,8,10-11,13H2,1H3/t16-,18-,22-/m0/s1. The summed E-state index contributed by atoms with van der Waals surface area (Å²) in [5.41, 5.74) is 2.41. The zero-order valence-electron chi connectivity index (χ0n) is 15.7. The van der Waals surface area contributed by atoms with Crippen molar-refractivity contribution in [3.8, 4) is 11.5 Å². The van der Waals surface area contributed by atoms with Crippen molar-refractivity contribution in [1.82, 2.24) is 9.88 Å². The van der Waals surface area contributed by atoms with Crippen molar-refractivity contribution in [1.29, 1.82) is 0 Å². The Labute approximate surface area is 163 Å². The molecule has 0 saturated carbocycles. The van der Waals surface area contributed by atoms with E-state index in [0.717, 1.165) is 23.3 Å². The van der Waals surface area contributed by atoms with Crippen molar-refractivity contribution in [3.63, 3.8) is 0 Å². The van der Waals surface area contributed by atoms with Crippen LogP contribution in [0, 0.1) is 0 Å². The zero-order chi connectivity index (χ0) is 19.3. The SMILES string of the molecule is COc1ccc2c3c1O[C@H]1C[C@@H](O)C=C[C@@]31CCN(C(=O)c1cccnc1)C2. The molecule has 0 bridgehead atoms. The summed E-state index contributed by atoms with van der Waals surface area (Å²) in [5, 5.41) is 10.1. The molecular weight excluding hydrogens is 356 g/mol. The molecule has 1 N–H and O–H groups in total. The van der Waals surface area contributed by atoms with E-state index in [4.69, 9.17) is 9.47 Å². The van der Waals surface area contributed by atoms with Gasteiger partial charge in [-0.3, -0.25) is 9.78 Å². The minimum absolute atomic E-state index is 0.0219. The Morgan fingerprint density at radius 2 is 2.29 bits per heavy atom. The fourth-order valence-corrected chi connectivity index (χ4v) is 4.78. The molecular formula is C22H22N2O4. The molecule has 2 aliphatic heterocycles. The molecule has 0 radical (unpaired) electrons. The summed E-state index contributed by atoms with van der Waals surface area (Å²) in [6.07, 6.45) is 7.81. The predicted molar refractivity (Wildman–Crippen MR) is 102 cm³/mol. The second-order valence-corrected chi connectivity index (χ2v) is 7.66. The average molecular weight is 378 g/mol. The minimum atomic E-state index is -0.518. The van der Waals surface area contributed by atoms with Gasteiger partial charge in [-0.1, -0.05) is 18.2 Å². The lowest BCUT2D eigenvalue weighted by molar-refractivity contribution is 0.0671. The molecule has 6 heteroatoms. The third-order valence-corrected chi connectivity index (χ3v) is 6.15. The average Bonchev–Trinajstić information content (AvgIpc) is 2.96. The highest BCUT2D eigenvalue weighted by Gasteiger charge is 2.53. The minimum Gasteiger partial charge on any atom is -0.493 e. The number of hydrogen-bond donors (Lipinski definition) is 1. The van der Waals surface area contributed by atoms with Gasteiger partial charge in [0.2, 0.25) is 0 Å². The van der Waals surface area contributed by atoms with Crippen molar-refractivity contribution in [2.24, 2.45) is 0 Å². The van der Waals surface area contributed by atoms with Crippen molar-refractivity contribution in [2.75, 3.05) is 13.7 Å². The van der Waals surface area contributed by atoms with Gasteiger partial charge >= 0.3 is 0 Å². The Morgan fingerprint density at radius 3 is 3.07 bits per heavy atom. The maximum Gasteiger partial charge on any atom is 0.255 e.